The van der Waals surface area contributed by atoms with Crippen LogP contribution in [0.1, 0.15) is 70.8 Å². The average molecular weight is 283 g/mol. The van der Waals surface area contributed by atoms with Crippen molar-refractivity contribution in [3.05, 3.63) is 34.9 Å². The average Bonchev–Trinajstić information content (AvgIpc) is 2.38. The van der Waals surface area contributed by atoms with Gasteiger partial charge in [-0.1, -0.05) is 75.6 Å². The normalized spacial score (nSPS) is 14.3. The molecule has 0 spiro atoms. The summed E-state index contributed by atoms with van der Waals surface area (Å²) >= 11 is 5.97. The van der Waals surface area contributed by atoms with E-state index in [4.69, 9.17) is 11.6 Å². The summed E-state index contributed by atoms with van der Waals surface area (Å²) in [5.74, 6) is 0. The van der Waals surface area contributed by atoms with Gasteiger partial charge in [-0.05, 0) is 31.0 Å². The Kier molecular flexibility index (Phi) is 7.48. The number of hydrogen-bond donors (Lipinski definition) is 1. The van der Waals surface area contributed by atoms with Crippen LogP contribution in [0.15, 0.2) is 24.3 Å². The summed E-state index contributed by atoms with van der Waals surface area (Å²) in [4.78, 5) is 0. The molecular formula is C17H27ClO. The molecule has 19 heavy (non-hydrogen) atoms. The van der Waals surface area contributed by atoms with Gasteiger partial charge in [0.1, 0.15) is 0 Å². The molecular weight excluding hydrogens is 256 g/mol. The van der Waals surface area contributed by atoms with E-state index < -0.39 is 5.60 Å². The molecule has 2 heteroatoms. The first-order chi connectivity index (χ1) is 9.06. The number of rotatable bonds is 9. The number of halogens is 1. The van der Waals surface area contributed by atoms with Gasteiger partial charge in [-0.25, -0.2) is 0 Å². The molecule has 0 aromatic heterocycles. The third-order valence-corrected chi connectivity index (χ3v) is 3.95. The maximum absolute atomic E-state index is 10.5. The molecule has 1 aromatic carbocycles. The van der Waals surface area contributed by atoms with Gasteiger partial charge in [0.25, 0.3) is 0 Å². The summed E-state index contributed by atoms with van der Waals surface area (Å²) in [5.41, 5.74) is 0.167. The molecule has 0 saturated carbocycles. The summed E-state index contributed by atoms with van der Waals surface area (Å²) in [6.07, 6.45) is 9.69. The maximum Gasteiger partial charge on any atom is 0.0869 e. The molecule has 0 aliphatic rings. The zero-order valence-electron chi connectivity index (χ0n) is 12.3. The van der Waals surface area contributed by atoms with Crippen molar-refractivity contribution in [2.45, 2.75) is 70.8 Å². The van der Waals surface area contributed by atoms with E-state index in [-0.39, 0.29) is 0 Å². The van der Waals surface area contributed by atoms with Crippen molar-refractivity contribution < 1.29 is 5.11 Å². The first-order valence-electron chi connectivity index (χ1n) is 7.54. The van der Waals surface area contributed by atoms with Crippen molar-refractivity contribution in [3.63, 3.8) is 0 Å². The minimum absolute atomic E-state index is 0.692. The molecule has 0 amide bonds. The highest BCUT2D eigenvalue weighted by Crippen LogP contribution is 2.28. The molecule has 0 fully saturated rings. The lowest BCUT2D eigenvalue weighted by Crippen LogP contribution is -2.20. The van der Waals surface area contributed by atoms with E-state index in [9.17, 15) is 5.11 Å². The van der Waals surface area contributed by atoms with Gasteiger partial charge in [0.05, 0.1) is 5.60 Å². The van der Waals surface area contributed by atoms with Gasteiger partial charge in [0.2, 0.25) is 0 Å². The Morgan fingerprint density at radius 2 is 1.68 bits per heavy atom. The second kappa shape index (κ2) is 8.60. The lowest BCUT2D eigenvalue weighted by molar-refractivity contribution is 0.0448. The Labute approximate surface area is 123 Å². The van der Waals surface area contributed by atoms with Crippen LogP contribution < -0.4 is 0 Å². The zero-order chi connectivity index (χ0) is 14.1. The summed E-state index contributed by atoms with van der Waals surface area (Å²) in [5, 5.41) is 11.2. The van der Waals surface area contributed by atoms with Crippen LogP contribution in [0.4, 0.5) is 0 Å². The molecule has 108 valence electrons. The van der Waals surface area contributed by atoms with E-state index in [1.807, 2.05) is 31.2 Å². The predicted octanol–water partition coefficient (Wildman–Crippen LogP) is 5.69. The molecule has 0 aliphatic heterocycles. The van der Waals surface area contributed by atoms with E-state index in [0.717, 1.165) is 18.4 Å². The van der Waals surface area contributed by atoms with Crippen LogP contribution in [0.25, 0.3) is 0 Å². The second-order valence-electron chi connectivity index (χ2n) is 5.66. The lowest BCUT2D eigenvalue weighted by Gasteiger charge is -2.24. The highest BCUT2D eigenvalue weighted by Gasteiger charge is 2.22. The number of aliphatic hydroxyl groups is 1. The van der Waals surface area contributed by atoms with Crippen molar-refractivity contribution in [2.24, 2.45) is 0 Å². The van der Waals surface area contributed by atoms with Crippen molar-refractivity contribution >= 4 is 11.6 Å². The van der Waals surface area contributed by atoms with E-state index in [1.165, 1.54) is 38.5 Å². The minimum atomic E-state index is -0.756. The van der Waals surface area contributed by atoms with Gasteiger partial charge in [0, 0.05) is 5.02 Å². The van der Waals surface area contributed by atoms with Crippen molar-refractivity contribution in [2.75, 3.05) is 0 Å². The SMILES string of the molecule is CCCCCCCCCC(C)(O)c1cccc(Cl)c1. The van der Waals surface area contributed by atoms with Crippen molar-refractivity contribution in [1.82, 2.24) is 0 Å². The molecule has 1 unspecified atom stereocenters. The molecule has 0 bridgehead atoms. The van der Waals surface area contributed by atoms with Crippen LogP contribution in [0.3, 0.4) is 0 Å². The zero-order valence-corrected chi connectivity index (χ0v) is 13.0. The van der Waals surface area contributed by atoms with Gasteiger partial charge in [-0.3, -0.25) is 0 Å². The molecule has 0 aliphatic carbocycles. The van der Waals surface area contributed by atoms with Crippen LogP contribution in [-0.4, -0.2) is 5.11 Å². The molecule has 1 atom stereocenters. The van der Waals surface area contributed by atoms with Crippen molar-refractivity contribution in [1.29, 1.82) is 0 Å². The largest absolute Gasteiger partial charge is 0.385 e. The number of benzene rings is 1. The number of hydrogen-bond acceptors (Lipinski definition) is 1. The van der Waals surface area contributed by atoms with Gasteiger partial charge in [0.15, 0.2) is 0 Å². The fraction of sp³-hybridized carbons (Fsp3) is 0.647. The maximum atomic E-state index is 10.5. The van der Waals surface area contributed by atoms with Crippen LogP contribution in [0.2, 0.25) is 5.02 Å². The summed E-state index contributed by atoms with van der Waals surface area (Å²) in [6.45, 7) is 4.12. The summed E-state index contributed by atoms with van der Waals surface area (Å²) in [6, 6.07) is 7.56. The standard InChI is InChI=1S/C17H27ClO/c1-3-4-5-6-7-8-9-13-17(2,19)15-11-10-12-16(18)14-15/h10-12,14,19H,3-9,13H2,1-2H3. The highest BCUT2D eigenvalue weighted by atomic mass is 35.5. The molecule has 1 aromatic rings. The van der Waals surface area contributed by atoms with E-state index >= 15 is 0 Å². The third kappa shape index (κ3) is 6.44. The molecule has 0 saturated heterocycles. The number of unbranched alkanes of at least 4 members (excludes halogenated alkanes) is 6. The van der Waals surface area contributed by atoms with Gasteiger partial charge in [-0.15, -0.1) is 0 Å². The molecule has 1 rings (SSSR count). The monoisotopic (exact) mass is 282 g/mol. The van der Waals surface area contributed by atoms with E-state index in [2.05, 4.69) is 6.92 Å². The van der Waals surface area contributed by atoms with Gasteiger partial charge < -0.3 is 5.11 Å². The Morgan fingerprint density at radius 1 is 1.05 bits per heavy atom. The minimum Gasteiger partial charge on any atom is -0.385 e. The lowest BCUT2D eigenvalue weighted by atomic mass is 9.90. The second-order valence-corrected chi connectivity index (χ2v) is 6.09. The van der Waals surface area contributed by atoms with Crippen molar-refractivity contribution in [3.8, 4) is 0 Å². The van der Waals surface area contributed by atoms with Crippen LogP contribution >= 0.6 is 11.6 Å². The smallest absolute Gasteiger partial charge is 0.0869 e. The van der Waals surface area contributed by atoms with Crippen LogP contribution in [-0.2, 0) is 5.60 Å². The van der Waals surface area contributed by atoms with Gasteiger partial charge in [-0.2, -0.15) is 0 Å². The summed E-state index contributed by atoms with van der Waals surface area (Å²) in [7, 11) is 0. The Balaban J connectivity index is 2.27. The first kappa shape index (κ1) is 16.5. The Hall–Kier alpha value is -0.530. The Morgan fingerprint density at radius 3 is 2.32 bits per heavy atom. The highest BCUT2D eigenvalue weighted by molar-refractivity contribution is 6.30. The molecule has 1 nitrogen and oxygen atoms in total. The first-order valence-corrected chi connectivity index (χ1v) is 7.92. The van der Waals surface area contributed by atoms with Crippen LogP contribution in [0, 0.1) is 0 Å². The van der Waals surface area contributed by atoms with Gasteiger partial charge >= 0.3 is 0 Å². The Bertz CT molecular complexity index is 360. The topological polar surface area (TPSA) is 20.2 Å². The molecule has 1 N–H and O–H groups in total. The molecule has 0 radical (unpaired) electrons. The van der Waals surface area contributed by atoms with E-state index in [0.29, 0.717) is 5.02 Å². The fourth-order valence-corrected chi connectivity index (χ4v) is 2.58. The third-order valence-electron chi connectivity index (χ3n) is 3.71. The summed E-state index contributed by atoms with van der Waals surface area (Å²) < 4.78 is 0. The predicted molar refractivity (Wildman–Crippen MR) is 83.6 cm³/mol. The van der Waals surface area contributed by atoms with E-state index in [1.54, 1.807) is 0 Å². The quantitative estimate of drug-likeness (QED) is 0.577. The fourth-order valence-electron chi connectivity index (χ4n) is 2.39. The molecule has 0 heterocycles. The van der Waals surface area contributed by atoms with Crippen LogP contribution in [0.5, 0.6) is 0 Å².